The molecule has 8 N–H and O–H groups in total. The highest BCUT2D eigenvalue weighted by Gasteiger charge is 2.40. The molecule has 1 aliphatic carbocycles. The highest BCUT2D eigenvalue weighted by Crippen LogP contribution is 2.44. The van der Waals surface area contributed by atoms with E-state index in [1.54, 1.807) is 76.2 Å². The van der Waals surface area contributed by atoms with E-state index in [4.69, 9.17) is 18.9 Å². The fourth-order valence-electron chi connectivity index (χ4n) is 8.28. The lowest BCUT2D eigenvalue weighted by Crippen LogP contribution is -2.63. The standard InChI is InChI=1S/C55H81N7O14/c1-14-28-73-54(72)62-42(31(6)7)51(69)75-34(10)45(49(66)60-44(33(9)16-3)47(64)58-41(30(4)5)50(67)68)61-48(65)43(32(8)15-2)59-46(63)40(26-21-27-56-52(70)76-55(11,12)13)57-53(71)74-29-39-37-24-19-17-22-35(37)36-23-18-20-25-38(36)39/h14,17-20,22-25,30-34,39-45H,1,15-16,21,26-29H2,2-13H3,(H,56,70)(H,57,71)(H,58,64)(H,59,63)(H,60,66)(H,61,65)(H,62,72)(H,67,68)/t32-,33-,34+,40-,41+,42-,43+,44+,45+/m0/s1. The van der Waals surface area contributed by atoms with Crippen LogP contribution < -0.4 is 37.2 Å². The SMILES string of the molecule is C=CCOC(=O)N[C@H](C(=O)O[C@H](C)[C@@H](NC(=O)[C@H](NC(=O)[C@H](CCCNC(=O)OC(C)(C)C)NC(=O)OCC1c2ccccc2-c2ccccc21)[C@@H](C)CC)C(=O)N[C@@H](C(=O)N[C@@H](C(=O)O)C(C)C)[C@@H](C)CC)C(C)C. The fourth-order valence-corrected chi connectivity index (χ4v) is 8.28. The van der Waals surface area contributed by atoms with Crippen molar-refractivity contribution in [1.29, 1.82) is 0 Å². The number of rotatable bonds is 28. The van der Waals surface area contributed by atoms with Crippen molar-refractivity contribution in [2.75, 3.05) is 19.8 Å². The molecule has 0 radical (unpaired) electrons. The summed E-state index contributed by atoms with van der Waals surface area (Å²) in [7, 11) is 0. The molecule has 0 aliphatic heterocycles. The van der Waals surface area contributed by atoms with Gasteiger partial charge in [-0.3, -0.25) is 19.2 Å². The average Bonchev–Trinajstić information content (AvgIpc) is 3.68. The molecule has 0 fully saturated rings. The third-order valence-electron chi connectivity index (χ3n) is 13.0. The van der Waals surface area contributed by atoms with Gasteiger partial charge in [-0.2, -0.15) is 0 Å². The minimum absolute atomic E-state index is 0.0427. The lowest BCUT2D eigenvalue weighted by molar-refractivity contribution is -0.156. The van der Waals surface area contributed by atoms with Crippen molar-refractivity contribution in [2.24, 2.45) is 23.7 Å². The first-order chi connectivity index (χ1) is 35.7. The number of fused-ring (bicyclic) bond motifs is 3. The van der Waals surface area contributed by atoms with Gasteiger partial charge in [0.1, 0.15) is 61.2 Å². The zero-order chi connectivity index (χ0) is 57.0. The number of alkyl carbamates (subject to hydrolysis) is 3. The lowest BCUT2D eigenvalue weighted by atomic mass is 9.95. The highest BCUT2D eigenvalue weighted by molar-refractivity contribution is 5.96. The predicted molar refractivity (Wildman–Crippen MR) is 283 cm³/mol. The van der Waals surface area contributed by atoms with Gasteiger partial charge < -0.3 is 61.3 Å². The number of carboxylic acid groups (broad SMARTS) is 1. The first kappa shape index (κ1) is 63.1. The van der Waals surface area contributed by atoms with Crippen LogP contribution in [-0.4, -0.2) is 127 Å². The number of carbonyl (C=O) groups excluding carboxylic acids is 8. The maximum absolute atomic E-state index is 14.7. The minimum atomic E-state index is -1.77. The average molecular weight is 1060 g/mol. The van der Waals surface area contributed by atoms with Crippen molar-refractivity contribution < 1.29 is 67.2 Å². The second-order valence-electron chi connectivity index (χ2n) is 20.8. The van der Waals surface area contributed by atoms with Gasteiger partial charge in [-0.1, -0.05) is 129 Å². The maximum atomic E-state index is 14.7. The van der Waals surface area contributed by atoms with Crippen molar-refractivity contribution in [3.63, 3.8) is 0 Å². The second kappa shape index (κ2) is 29.8. The van der Waals surface area contributed by atoms with E-state index in [1.807, 2.05) is 48.5 Å². The number of aliphatic carboxylic acids is 1. The van der Waals surface area contributed by atoms with E-state index >= 15 is 0 Å². The Balaban J connectivity index is 1.99. The normalized spacial score (nSPS) is 15.5. The molecule has 76 heavy (non-hydrogen) atoms. The van der Waals surface area contributed by atoms with Gasteiger partial charge in [-0.05, 0) is 86.5 Å². The van der Waals surface area contributed by atoms with E-state index in [2.05, 4.69) is 43.8 Å². The zero-order valence-corrected chi connectivity index (χ0v) is 46.0. The summed E-state index contributed by atoms with van der Waals surface area (Å²) in [5, 5.41) is 28.1. The van der Waals surface area contributed by atoms with Crippen molar-refractivity contribution in [3.05, 3.63) is 72.3 Å². The summed E-state index contributed by atoms with van der Waals surface area (Å²) in [4.78, 5) is 122. The molecule has 21 heteroatoms. The number of hydrogen-bond acceptors (Lipinski definition) is 13. The molecule has 2 aromatic rings. The zero-order valence-electron chi connectivity index (χ0n) is 46.0. The van der Waals surface area contributed by atoms with Gasteiger partial charge in [0.25, 0.3) is 0 Å². The topological polar surface area (TPSA) is 295 Å². The number of nitrogens with one attached hydrogen (secondary N) is 7. The lowest BCUT2D eigenvalue weighted by Gasteiger charge is -2.32. The third kappa shape index (κ3) is 18.9. The molecule has 0 aromatic heterocycles. The van der Waals surface area contributed by atoms with Crippen LogP contribution in [0.1, 0.15) is 126 Å². The molecule has 0 saturated carbocycles. The second-order valence-corrected chi connectivity index (χ2v) is 20.8. The number of amides is 7. The molecule has 0 bridgehead atoms. The van der Waals surface area contributed by atoms with Crippen LogP contribution in [-0.2, 0) is 47.7 Å². The maximum Gasteiger partial charge on any atom is 0.408 e. The van der Waals surface area contributed by atoms with Gasteiger partial charge in [-0.15, -0.1) is 0 Å². The van der Waals surface area contributed by atoms with Gasteiger partial charge in [0.15, 0.2) is 0 Å². The highest BCUT2D eigenvalue weighted by atomic mass is 16.6. The van der Waals surface area contributed by atoms with Gasteiger partial charge in [0, 0.05) is 12.5 Å². The summed E-state index contributed by atoms with van der Waals surface area (Å²) in [6, 6.07) is 7.11. The van der Waals surface area contributed by atoms with Crippen molar-refractivity contribution in [3.8, 4) is 11.1 Å². The van der Waals surface area contributed by atoms with Gasteiger partial charge in [-0.25, -0.2) is 24.0 Å². The van der Waals surface area contributed by atoms with E-state index in [9.17, 15) is 48.3 Å². The molecule has 0 saturated heterocycles. The first-order valence-electron chi connectivity index (χ1n) is 26.0. The van der Waals surface area contributed by atoms with E-state index < -0.39 is 125 Å². The van der Waals surface area contributed by atoms with Gasteiger partial charge in [0.05, 0.1) is 0 Å². The van der Waals surface area contributed by atoms with Crippen LogP contribution in [0.2, 0.25) is 0 Å². The van der Waals surface area contributed by atoms with E-state index in [0.29, 0.717) is 12.8 Å². The van der Waals surface area contributed by atoms with Crippen LogP contribution in [0.4, 0.5) is 14.4 Å². The Labute approximate surface area is 446 Å². The van der Waals surface area contributed by atoms with E-state index in [1.165, 1.54) is 13.0 Å². The number of benzene rings is 2. The number of ether oxygens (including phenoxy) is 4. The van der Waals surface area contributed by atoms with Gasteiger partial charge in [0.2, 0.25) is 23.6 Å². The Bertz CT molecular complexity index is 2310. The summed E-state index contributed by atoms with van der Waals surface area (Å²) in [6.45, 7) is 23.0. The summed E-state index contributed by atoms with van der Waals surface area (Å²) in [6.07, 6.45) is -2.00. The van der Waals surface area contributed by atoms with Crippen LogP contribution >= 0.6 is 0 Å². The summed E-state index contributed by atoms with van der Waals surface area (Å²) in [5.74, 6) is -8.46. The molecule has 1 aliphatic rings. The van der Waals surface area contributed by atoms with Crippen molar-refractivity contribution in [2.45, 2.75) is 163 Å². The van der Waals surface area contributed by atoms with E-state index in [-0.39, 0.29) is 38.5 Å². The monoisotopic (exact) mass is 1060 g/mol. The Morgan fingerprint density at radius 2 is 1.09 bits per heavy atom. The quantitative estimate of drug-likeness (QED) is 0.0215. The van der Waals surface area contributed by atoms with Crippen molar-refractivity contribution >= 4 is 53.8 Å². The molecule has 420 valence electrons. The van der Waals surface area contributed by atoms with E-state index in [0.717, 1.165) is 22.3 Å². The molecule has 0 spiro atoms. The fraction of sp³-hybridized carbons (Fsp3) is 0.582. The molecule has 9 atom stereocenters. The van der Waals surface area contributed by atoms with Crippen LogP contribution in [0.3, 0.4) is 0 Å². The number of hydrogen-bond donors (Lipinski definition) is 8. The largest absolute Gasteiger partial charge is 0.480 e. The van der Waals surface area contributed by atoms with Crippen LogP contribution in [0, 0.1) is 23.7 Å². The van der Waals surface area contributed by atoms with Crippen LogP contribution in [0.5, 0.6) is 0 Å². The van der Waals surface area contributed by atoms with Crippen LogP contribution in [0.25, 0.3) is 11.1 Å². The Kier molecular flexibility index (Phi) is 24.7. The molecular formula is C55H81N7O14. The molecular weight excluding hydrogens is 983 g/mol. The Hall–Kier alpha value is -7.19. The number of esters is 1. The Morgan fingerprint density at radius 3 is 1.58 bits per heavy atom. The molecule has 3 rings (SSSR count). The molecule has 7 amide bonds. The smallest absolute Gasteiger partial charge is 0.408 e. The first-order valence-corrected chi connectivity index (χ1v) is 26.0. The Morgan fingerprint density at radius 1 is 0.618 bits per heavy atom. The summed E-state index contributed by atoms with van der Waals surface area (Å²) in [5.41, 5.74) is 3.18. The molecule has 2 aromatic carbocycles. The predicted octanol–water partition coefficient (Wildman–Crippen LogP) is 5.84. The number of carboxylic acids is 1. The van der Waals surface area contributed by atoms with Crippen LogP contribution in [0.15, 0.2) is 61.2 Å². The molecule has 0 heterocycles. The number of carbonyl (C=O) groups is 9. The van der Waals surface area contributed by atoms with Gasteiger partial charge >= 0.3 is 30.2 Å². The molecule has 21 nitrogen and oxygen atoms in total. The summed E-state index contributed by atoms with van der Waals surface area (Å²) >= 11 is 0. The third-order valence-corrected chi connectivity index (χ3v) is 13.0. The van der Waals surface area contributed by atoms with Crippen molar-refractivity contribution in [1.82, 2.24) is 37.2 Å². The molecule has 0 unspecified atom stereocenters. The minimum Gasteiger partial charge on any atom is -0.480 e. The summed E-state index contributed by atoms with van der Waals surface area (Å²) < 4.78 is 21.9.